The molecule has 0 aliphatic carbocycles. The molecule has 168 valence electrons. The summed E-state index contributed by atoms with van der Waals surface area (Å²) in [4.78, 5) is 40.9. The van der Waals surface area contributed by atoms with Crippen molar-refractivity contribution in [3.8, 4) is 5.75 Å². The van der Waals surface area contributed by atoms with Gasteiger partial charge in [-0.25, -0.2) is 0 Å². The van der Waals surface area contributed by atoms with Crippen molar-refractivity contribution in [2.45, 2.75) is 32.8 Å². The maximum Gasteiger partial charge on any atom is 0.311 e. The Bertz CT molecular complexity index is 965. The van der Waals surface area contributed by atoms with E-state index in [9.17, 15) is 14.4 Å². The first-order chi connectivity index (χ1) is 15.5. The molecule has 2 aliphatic heterocycles. The summed E-state index contributed by atoms with van der Waals surface area (Å²) in [5, 5.41) is 0. The van der Waals surface area contributed by atoms with E-state index in [4.69, 9.17) is 9.47 Å². The highest BCUT2D eigenvalue weighted by atomic mass is 16.5. The lowest BCUT2D eigenvalue weighted by Gasteiger charge is -2.17. The molecule has 2 saturated heterocycles. The summed E-state index contributed by atoms with van der Waals surface area (Å²) >= 11 is 0. The van der Waals surface area contributed by atoms with Gasteiger partial charge in [-0.1, -0.05) is 12.1 Å². The van der Waals surface area contributed by atoms with E-state index in [2.05, 4.69) is 0 Å². The van der Waals surface area contributed by atoms with Crippen LogP contribution in [0.5, 0.6) is 5.75 Å². The van der Waals surface area contributed by atoms with E-state index < -0.39 is 5.92 Å². The second-order valence-electron chi connectivity index (χ2n) is 8.14. The van der Waals surface area contributed by atoms with E-state index in [1.807, 2.05) is 48.2 Å². The van der Waals surface area contributed by atoms with Crippen LogP contribution in [0.25, 0.3) is 0 Å². The molecule has 2 amide bonds. The Morgan fingerprint density at radius 3 is 2.34 bits per heavy atom. The number of rotatable bonds is 7. The molecule has 7 heteroatoms. The largest absolute Gasteiger partial charge is 0.494 e. The number of ether oxygens (including phenoxy) is 2. The molecule has 7 nitrogen and oxygen atoms in total. The maximum atomic E-state index is 12.5. The molecular weight excluding hydrogens is 408 g/mol. The minimum Gasteiger partial charge on any atom is -0.494 e. The molecule has 2 aromatic rings. The van der Waals surface area contributed by atoms with Crippen LogP contribution in [0.15, 0.2) is 48.5 Å². The molecule has 0 aromatic heterocycles. The molecule has 0 spiro atoms. The van der Waals surface area contributed by atoms with Crippen molar-refractivity contribution < 1.29 is 23.9 Å². The van der Waals surface area contributed by atoms with E-state index in [1.54, 1.807) is 17.0 Å². The van der Waals surface area contributed by atoms with E-state index in [1.165, 1.54) is 0 Å². The number of hydrogen-bond acceptors (Lipinski definition) is 5. The Kier molecular flexibility index (Phi) is 6.73. The number of likely N-dealkylation sites (tertiary alicyclic amines) is 1. The number of anilines is 1. The highest BCUT2D eigenvalue weighted by Gasteiger charge is 2.36. The zero-order valence-electron chi connectivity index (χ0n) is 18.3. The number of carbonyl (C=O) groups excluding carboxylic acids is 3. The van der Waals surface area contributed by atoms with Crippen LogP contribution in [0.2, 0.25) is 0 Å². The second kappa shape index (κ2) is 9.85. The SMILES string of the molecule is CCOc1ccc(N2CC(C(=O)OCc3ccc(C(=O)N4CCCC4)cc3)CC2=O)cc1. The Balaban J connectivity index is 1.29. The van der Waals surface area contributed by atoms with Crippen LogP contribution in [0.3, 0.4) is 0 Å². The van der Waals surface area contributed by atoms with Gasteiger partial charge in [-0.05, 0) is 61.7 Å². The van der Waals surface area contributed by atoms with Gasteiger partial charge in [0.15, 0.2) is 0 Å². The molecule has 1 unspecified atom stereocenters. The van der Waals surface area contributed by atoms with Crippen LogP contribution in [0.4, 0.5) is 5.69 Å². The fourth-order valence-electron chi connectivity index (χ4n) is 4.12. The maximum absolute atomic E-state index is 12.5. The summed E-state index contributed by atoms with van der Waals surface area (Å²) in [5.74, 6) is -0.188. The monoisotopic (exact) mass is 436 g/mol. The lowest BCUT2D eigenvalue weighted by Crippen LogP contribution is -2.27. The van der Waals surface area contributed by atoms with E-state index in [0.29, 0.717) is 18.7 Å². The van der Waals surface area contributed by atoms with Crippen molar-refractivity contribution in [2.24, 2.45) is 5.92 Å². The molecule has 4 rings (SSSR count). The van der Waals surface area contributed by atoms with Gasteiger partial charge in [0, 0.05) is 37.3 Å². The summed E-state index contributed by atoms with van der Waals surface area (Å²) in [6.07, 6.45) is 2.24. The number of amides is 2. The first kappa shape index (κ1) is 21.9. The summed E-state index contributed by atoms with van der Waals surface area (Å²) in [6, 6.07) is 14.4. The summed E-state index contributed by atoms with van der Waals surface area (Å²) in [7, 11) is 0. The van der Waals surface area contributed by atoms with Gasteiger partial charge in [0.1, 0.15) is 12.4 Å². The van der Waals surface area contributed by atoms with Crippen molar-refractivity contribution in [3.05, 3.63) is 59.7 Å². The molecule has 0 saturated carbocycles. The number of benzene rings is 2. The Morgan fingerprint density at radius 2 is 1.69 bits per heavy atom. The highest BCUT2D eigenvalue weighted by molar-refractivity contribution is 5.99. The van der Waals surface area contributed by atoms with Crippen molar-refractivity contribution in [2.75, 3.05) is 31.1 Å². The van der Waals surface area contributed by atoms with Crippen molar-refractivity contribution in [1.82, 2.24) is 4.90 Å². The van der Waals surface area contributed by atoms with Gasteiger partial charge in [-0.2, -0.15) is 0 Å². The molecule has 2 fully saturated rings. The van der Waals surface area contributed by atoms with Crippen molar-refractivity contribution >= 4 is 23.5 Å². The molecule has 2 aliphatic rings. The van der Waals surface area contributed by atoms with E-state index in [0.717, 1.165) is 42.9 Å². The number of nitrogens with zero attached hydrogens (tertiary/aromatic N) is 2. The molecule has 0 N–H and O–H groups in total. The minimum atomic E-state index is -0.495. The lowest BCUT2D eigenvalue weighted by molar-refractivity contribution is -0.149. The summed E-state index contributed by atoms with van der Waals surface area (Å²) in [6.45, 7) is 4.53. The third kappa shape index (κ3) is 4.93. The first-order valence-corrected chi connectivity index (χ1v) is 11.1. The van der Waals surface area contributed by atoms with Gasteiger partial charge in [0.05, 0.1) is 12.5 Å². The van der Waals surface area contributed by atoms with Crippen LogP contribution < -0.4 is 9.64 Å². The Morgan fingerprint density at radius 1 is 1.00 bits per heavy atom. The van der Waals surface area contributed by atoms with Gasteiger partial charge < -0.3 is 19.3 Å². The van der Waals surface area contributed by atoms with Crippen molar-refractivity contribution in [3.63, 3.8) is 0 Å². The molecule has 0 radical (unpaired) electrons. The quantitative estimate of drug-likeness (QED) is 0.622. The number of hydrogen-bond donors (Lipinski definition) is 0. The molecule has 32 heavy (non-hydrogen) atoms. The van der Waals surface area contributed by atoms with Crippen LogP contribution in [0, 0.1) is 5.92 Å². The molecule has 2 aromatic carbocycles. The third-order valence-corrected chi connectivity index (χ3v) is 5.89. The van der Waals surface area contributed by atoms with Crippen LogP contribution >= 0.6 is 0 Å². The van der Waals surface area contributed by atoms with Gasteiger partial charge in [-0.15, -0.1) is 0 Å². The van der Waals surface area contributed by atoms with Crippen LogP contribution in [-0.2, 0) is 20.9 Å². The molecule has 1 atom stereocenters. The first-order valence-electron chi connectivity index (χ1n) is 11.1. The summed E-state index contributed by atoms with van der Waals surface area (Å²) < 4.78 is 10.9. The fourth-order valence-corrected chi connectivity index (χ4v) is 4.12. The van der Waals surface area contributed by atoms with E-state index in [-0.39, 0.29) is 30.8 Å². The smallest absolute Gasteiger partial charge is 0.311 e. The van der Waals surface area contributed by atoms with Crippen LogP contribution in [-0.4, -0.2) is 48.9 Å². The Labute approximate surface area is 187 Å². The number of esters is 1. The van der Waals surface area contributed by atoms with Gasteiger partial charge in [0.25, 0.3) is 5.91 Å². The predicted molar refractivity (Wildman–Crippen MR) is 119 cm³/mol. The predicted octanol–water partition coefficient (Wildman–Crippen LogP) is 3.42. The van der Waals surface area contributed by atoms with E-state index >= 15 is 0 Å². The Hall–Kier alpha value is -3.35. The second-order valence-corrected chi connectivity index (χ2v) is 8.14. The fraction of sp³-hybridized carbons (Fsp3) is 0.400. The third-order valence-electron chi connectivity index (χ3n) is 5.89. The topological polar surface area (TPSA) is 76.2 Å². The normalized spacial score (nSPS) is 18.2. The molecule has 2 heterocycles. The molecular formula is C25H28N2O5. The van der Waals surface area contributed by atoms with Crippen LogP contribution in [0.1, 0.15) is 42.1 Å². The van der Waals surface area contributed by atoms with Gasteiger partial charge in [-0.3, -0.25) is 14.4 Å². The van der Waals surface area contributed by atoms with Gasteiger partial charge >= 0.3 is 5.97 Å². The van der Waals surface area contributed by atoms with Gasteiger partial charge in [0.2, 0.25) is 5.91 Å². The average Bonchev–Trinajstić information content (AvgIpc) is 3.48. The number of carbonyl (C=O) groups is 3. The molecule has 0 bridgehead atoms. The van der Waals surface area contributed by atoms with Crippen molar-refractivity contribution in [1.29, 1.82) is 0 Å². The highest BCUT2D eigenvalue weighted by Crippen LogP contribution is 2.27. The average molecular weight is 437 g/mol. The zero-order valence-corrected chi connectivity index (χ0v) is 18.3. The summed E-state index contributed by atoms with van der Waals surface area (Å²) in [5.41, 5.74) is 2.20. The minimum absolute atomic E-state index is 0.0462. The lowest BCUT2D eigenvalue weighted by atomic mass is 10.1. The zero-order chi connectivity index (χ0) is 22.5. The standard InChI is InChI=1S/C25H28N2O5/c1-2-31-22-11-9-21(10-12-22)27-16-20(15-23(27)28)25(30)32-17-18-5-7-19(8-6-18)24(29)26-13-3-4-14-26/h5-12,20H,2-4,13-17H2,1H3.